The zero-order chi connectivity index (χ0) is 11.1. The van der Waals surface area contributed by atoms with Crippen LogP contribution in [-0.4, -0.2) is 6.04 Å². The summed E-state index contributed by atoms with van der Waals surface area (Å²) in [4.78, 5) is 0. The van der Waals surface area contributed by atoms with Crippen LogP contribution in [0.3, 0.4) is 0 Å². The Morgan fingerprint density at radius 3 is 1.94 bits per heavy atom. The van der Waals surface area contributed by atoms with Crippen molar-refractivity contribution in [1.29, 1.82) is 0 Å². The fourth-order valence-corrected chi connectivity index (χ4v) is 2.05. The molecule has 0 bridgehead atoms. The van der Waals surface area contributed by atoms with Gasteiger partial charge in [-0.3, -0.25) is 0 Å². The normalized spacial score (nSPS) is 14.2. The molecule has 4 heteroatoms. The maximum absolute atomic E-state index is 7.27. The van der Waals surface area contributed by atoms with Crippen LogP contribution in [0.1, 0.15) is 50.2 Å². The van der Waals surface area contributed by atoms with Gasteiger partial charge in [-0.1, -0.05) is 52.4 Å². The molecular formula is C14H23Cl2NTi. The number of nitrogens with one attached hydrogen (secondary N) is 1. The zero-order valence-corrected chi connectivity index (χ0v) is 14.4. The van der Waals surface area contributed by atoms with E-state index < -0.39 is 0 Å². The molecule has 0 saturated heterocycles. The molecular weight excluding hydrogens is 301 g/mol. The van der Waals surface area contributed by atoms with Crippen LogP contribution in [0.5, 0.6) is 0 Å². The van der Waals surface area contributed by atoms with Gasteiger partial charge in [0.2, 0.25) is 0 Å². The fraction of sp³-hybridized carbons (Fsp3) is 0.643. The van der Waals surface area contributed by atoms with E-state index in [1.54, 1.807) is 0 Å². The largest absolute Gasteiger partial charge is 4.00 e. The molecule has 102 valence electrons. The molecule has 1 nitrogen and oxygen atoms in total. The molecule has 1 aromatic rings. The van der Waals surface area contributed by atoms with Crippen LogP contribution in [0.2, 0.25) is 0 Å². The molecule has 1 aliphatic carbocycles. The van der Waals surface area contributed by atoms with E-state index in [-0.39, 0.29) is 52.6 Å². The maximum atomic E-state index is 7.27. The van der Waals surface area contributed by atoms with E-state index in [4.69, 9.17) is 5.73 Å². The molecule has 0 spiro atoms. The number of aryl methyl sites for hydroxylation is 2. The van der Waals surface area contributed by atoms with Crippen molar-refractivity contribution >= 4 is 0 Å². The third-order valence-electron chi connectivity index (χ3n) is 3.14. The first kappa shape index (κ1) is 23.7. The Balaban J connectivity index is -0.000000215. The Labute approximate surface area is 139 Å². The Morgan fingerprint density at radius 1 is 1.17 bits per heavy atom. The average molecular weight is 324 g/mol. The van der Waals surface area contributed by atoms with Gasteiger partial charge < -0.3 is 30.5 Å². The molecule has 0 amide bonds. The second kappa shape index (κ2) is 14.0. The second-order valence-electron chi connectivity index (χ2n) is 4.42. The Morgan fingerprint density at radius 2 is 1.72 bits per heavy atom. The van der Waals surface area contributed by atoms with Crippen molar-refractivity contribution in [3.8, 4) is 0 Å². The van der Waals surface area contributed by atoms with E-state index in [0.717, 1.165) is 12.8 Å². The van der Waals surface area contributed by atoms with E-state index in [1.807, 2.05) is 0 Å². The molecule has 18 heavy (non-hydrogen) atoms. The Bertz CT molecular complexity index is 271. The van der Waals surface area contributed by atoms with E-state index in [2.05, 4.69) is 32.0 Å². The molecule has 0 aromatic heterocycles. The summed E-state index contributed by atoms with van der Waals surface area (Å²) >= 11 is 0. The van der Waals surface area contributed by atoms with Crippen molar-refractivity contribution in [2.24, 2.45) is 0 Å². The van der Waals surface area contributed by atoms with Crippen molar-refractivity contribution in [3.05, 3.63) is 35.1 Å². The summed E-state index contributed by atoms with van der Waals surface area (Å²) in [5.74, 6) is 0. The Hall–Kier alpha value is 0.604. The molecule has 0 heterocycles. The van der Waals surface area contributed by atoms with Gasteiger partial charge in [-0.15, -0.1) is 6.04 Å². The smallest absolute Gasteiger partial charge is 1.00 e. The molecule has 0 radical (unpaired) electrons. The molecule has 1 fully saturated rings. The first-order valence-corrected chi connectivity index (χ1v) is 6.16. The van der Waals surface area contributed by atoms with Gasteiger partial charge in [-0.05, 0) is 0 Å². The summed E-state index contributed by atoms with van der Waals surface area (Å²) in [5, 5.41) is 0. The number of hydrogen-bond donors (Lipinski definition) is 0. The molecule has 0 aliphatic heterocycles. The van der Waals surface area contributed by atoms with Crippen LogP contribution < -0.4 is 24.8 Å². The van der Waals surface area contributed by atoms with Gasteiger partial charge in [0.05, 0.1) is 0 Å². The second-order valence-corrected chi connectivity index (χ2v) is 4.42. The first-order valence-electron chi connectivity index (χ1n) is 6.16. The summed E-state index contributed by atoms with van der Waals surface area (Å²) in [7, 11) is 0. The predicted octanol–water partition coefficient (Wildman–Crippen LogP) is -1.35. The summed E-state index contributed by atoms with van der Waals surface area (Å²) in [5.41, 5.74) is 10.2. The molecule has 1 saturated carbocycles. The van der Waals surface area contributed by atoms with E-state index in [0.29, 0.717) is 0 Å². The summed E-state index contributed by atoms with van der Waals surface area (Å²) in [6, 6.07) is 6.72. The minimum atomic E-state index is 0. The standard InChI is InChI=1S/C8H11.C6H12N.2ClH.Ti/c1-3-8-6-4-5-7(8)2;7-6-4-2-1-3-5-6;;;/h4-6H,3H2,1-2H3;6-7H,1-5H2;2*1H;/q2*-1;;;+4/p-2. The van der Waals surface area contributed by atoms with E-state index >= 15 is 0 Å². The maximum Gasteiger partial charge on any atom is 4.00 e. The molecule has 0 atom stereocenters. The number of halogens is 2. The number of hydrogen-bond acceptors (Lipinski definition) is 0. The monoisotopic (exact) mass is 323 g/mol. The van der Waals surface area contributed by atoms with Gasteiger partial charge in [0.15, 0.2) is 0 Å². The van der Waals surface area contributed by atoms with Crippen molar-refractivity contribution < 1.29 is 46.5 Å². The third-order valence-corrected chi connectivity index (χ3v) is 3.14. The molecule has 1 aliphatic rings. The van der Waals surface area contributed by atoms with Crippen LogP contribution in [0.15, 0.2) is 18.2 Å². The van der Waals surface area contributed by atoms with Crippen molar-refractivity contribution in [1.82, 2.24) is 0 Å². The van der Waals surface area contributed by atoms with Crippen LogP contribution in [0, 0.1) is 6.92 Å². The van der Waals surface area contributed by atoms with Gasteiger partial charge in [0, 0.05) is 0 Å². The van der Waals surface area contributed by atoms with Crippen molar-refractivity contribution in [3.63, 3.8) is 0 Å². The Kier molecular flexibility index (Phi) is 18.4. The van der Waals surface area contributed by atoms with Gasteiger partial charge in [0.25, 0.3) is 0 Å². The molecule has 1 N–H and O–H groups in total. The predicted molar refractivity (Wildman–Crippen MR) is 67.3 cm³/mol. The van der Waals surface area contributed by atoms with Crippen molar-refractivity contribution in [2.45, 2.75) is 58.4 Å². The third kappa shape index (κ3) is 9.52. The first-order chi connectivity index (χ1) is 7.24. The molecule has 0 unspecified atom stereocenters. The van der Waals surface area contributed by atoms with Crippen LogP contribution in [-0.2, 0) is 28.1 Å². The van der Waals surface area contributed by atoms with Crippen LogP contribution in [0.4, 0.5) is 0 Å². The van der Waals surface area contributed by atoms with E-state index in [1.165, 1.54) is 36.8 Å². The van der Waals surface area contributed by atoms with Gasteiger partial charge in [-0.2, -0.15) is 29.3 Å². The quantitative estimate of drug-likeness (QED) is 0.451. The summed E-state index contributed by atoms with van der Waals surface area (Å²) in [6.07, 6.45) is 7.44. The van der Waals surface area contributed by atoms with Crippen molar-refractivity contribution in [2.75, 3.05) is 0 Å². The van der Waals surface area contributed by atoms with Crippen LogP contribution in [0.25, 0.3) is 5.73 Å². The fourth-order valence-electron chi connectivity index (χ4n) is 2.05. The molecule has 2 rings (SSSR count). The average Bonchev–Trinajstić information content (AvgIpc) is 2.66. The minimum absolute atomic E-state index is 0. The van der Waals surface area contributed by atoms with Gasteiger partial charge >= 0.3 is 21.7 Å². The number of rotatable bonds is 1. The SMILES string of the molecule is CCc1c[cH-]cc1C.[Cl-].[Cl-].[NH-]C1CCCCC1.[Ti+4]. The summed E-state index contributed by atoms with van der Waals surface area (Å²) in [6.45, 7) is 4.33. The van der Waals surface area contributed by atoms with E-state index in [9.17, 15) is 0 Å². The van der Waals surface area contributed by atoms with Gasteiger partial charge in [0.1, 0.15) is 0 Å². The van der Waals surface area contributed by atoms with Gasteiger partial charge in [-0.25, -0.2) is 0 Å². The zero-order valence-electron chi connectivity index (χ0n) is 11.3. The minimum Gasteiger partial charge on any atom is -1.00 e. The van der Waals surface area contributed by atoms with Crippen LogP contribution >= 0.6 is 0 Å². The molecule has 1 aromatic carbocycles. The topological polar surface area (TPSA) is 23.8 Å². The summed E-state index contributed by atoms with van der Waals surface area (Å²) < 4.78 is 0.